The molecule has 0 aliphatic carbocycles. The van der Waals surface area contributed by atoms with Gasteiger partial charge >= 0.3 is 5.97 Å². The standard InChI is InChI=1S/C15H18N2O4/c1-8(2)21-15(18)14-9(3)16-10-6-12(19-4)13(20-5)7-11(10)17-14/h6-8H,1-5H3. The van der Waals surface area contributed by atoms with Crippen LogP contribution in [-0.4, -0.2) is 36.3 Å². The third-order valence-electron chi connectivity index (χ3n) is 2.88. The first kappa shape index (κ1) is 15.0. The lowest BCUT2D eigenvalue weighted by molar-refractivity contribution is 0.0370. The van der Waals surface area contributed by atoms with E-state index in [1.807, 2.05) is 0 Å². The van der Waals surface area contributed by atoms with Crippen LogP contribution in [0.2, 0.25) is 0 Å². The van der Waals surface area contributed by atoms with Gasteiger partial charge in [-0.05, 0) is 20.8 Å². The molecule has 0 saturated carbocycles. The summed E-state index contributed by atoms with van der Waals surface area (Å²) in [7, 11) is 3.09. The van der Waals surface area contributed by atoms with Crippen molar-refractivity contribution < 1.29 is 19.0 Å². The second-order valence-electron chi connectivity index (χ2n) is 4.81. The van der Waals surface area contributed by atoms with Crippen LogP contribution in [0.3, 0.4) is 0 Å². The number of aromatic nitrogens is 2. The molecule has 0 aliphatic heterocycles. The number of carbonyl (C=O) groups excluding carboxylic acids is 1. The maximum Gasteiger partial charge on any atom is 0.359 e. The first-order valence-corrected chi connectivity index (χ1v) is 6.57. The Balaban J connectivity index is 2.56. The third-order valence-corrected chi connectivity index (χ3v) is 2.88. The van der Waals surface area contributed by atoms with Crippen molar-refractivity contribution in [2.24, 2.45) is 0 Å². The maximum absolute atomic E-state index is 12.0. The van der Waals surface area contributed by atoms with Crippen LogP contribution in [0, 0.1) is 6.92 Å². The molecule has 0 unspecified atom stereocenters. The van der Waals surface area contributed by atoms with Gasteiger partial charge in [-0.25, -0.2) is 14.8 Å². The van der Waals surface area contributed by atoms with Crippen LogP contribution in [0.4, 0.5) is 0 Å². The molecule has 1 aromatic heterocycles. The van der Waals surface area contributed by atoms with E-state index in [4.69, 9.17) is 14.2 Å². The Kier molecular flexibility index (Phi) is 4.26. The molecule has 6 nitrogen and oxygen atoms in total. The summed E-state index contributed by atoms with van der Waals surface area (Å²) < 4.78 is 15.6. The summed E-state index contributed by atoms with van der Waals surface area (Å²) in [5.41, 5.74) is 1.91. The number of fused-ring (bicyclic) bond motifs is 1. The maximum atomic E-state index is 12.0. The van der Waals surface area contributed by atoms with Crippen molar-refractivity contribution in [1.29, 1.82) is 0 Å². The van der Waals surface area contributed by atoms with Gasteiger partial charge in [0.05, 0.1) is 37.1 Å². The largest absolute Gasteiger partial charge is 0.493 e. The number of nitrogens with zero attached hydrogens (tertiary/aromatic N) is 2. The number of esters is 1. The molecule has 6 heteroatoms. The Morgan fingerprint density at radius 3 is 2.05 bits per heavy atom. The van der Waals surface area contributed by atoms with Gasteiger partial charge in [0.2, 0.25) is 0 Å². The zero-order valence-electron chi connectivity index (χ0n) is 12.8. The van der Waals surface area contributed by atoms with Crippen LogP contribution in [0.15, 0.2) is 12.1 Å². The van der Waals surface area contributed by atoms with Gasteiger partial charge in [-0.1, -0.05) is 0 Å². The number of rotatable bonds is 4. The molecule has 0 aliphatic rings. The predicted molar refractivity (Wildman–Crippen MR) is 77.9 cm³/mol. The molecule has 0 fully saturated rings. The second kappa shape index (κ2) is 5.95. The number of hydrogen-bond acceptors (Lipinski definition) is 6. The van der Waals surface area contributed by atoms with Gasteiger partial charge in [-0.15, -0.1) is 0 Å². The monoisotopic (exact) mass is 290 g/mol. The fourth-order valence-corrected chi connectivity index (χ4v) is 1.93. The minimum absolute atomic E-state index is 0.209. The molecule has 112 valence electrons. The van der Waals surface area contributed by atoms with E-state index in [-0.39, 0.29) is 11.8 Å². The van der Waals surface area contributed by atoms with Crippen molar-refractivity contribution in [3.63, 3.8) is 0 Å². The van der Waals surface area contributed by atoms with Crippen LogP contribution in [0.25, 0.3) is 11.0 Å². The van der Waals surface area contributed by atoms with E-state index in [1.165, 1.54) is 0 Å². The lowest BCUT2D eigenvalue weighted by Crippen LogP contribution is -2.15. The molecule has 1 aromatic carbocycles. The third kappa shape index (κ3) is 3.04. The number of aryl methyl sites for hydroxylation is 1. The van der Waals surface area contributed by atoms with Gasteiger partial charge in [0.25, 0.3) is 0 Å². The number of benzene rings is 1. The second-order valence-corrected chi connectivity index (χ2v) is 4.81. The van der Waals surface area contributed by atoms with Crippen molar-refractivity contribution in [2.45, 2.75) is 26.9 Å². The summed E-state index contributed by atoms with van der Waals surface area (Å²) in [4.78, 5) is 20.7. The number of carbonyl (C=O) groups is 1. The molecule has 0 saturated heterocycles. The molecule has 2 rings (SSSR count). The zero-order valence-corrected chi connectivity index (χ0v) is 12.8. The van der Waals surface area contributed by atoms with Gasteiger partial charge in [0.1, 0.15) is 0 Å². The average Bonchev–Trinajstić information content (AvgIpc) is 2.44. The molecule has 0 spiro atoms. The van der Waals surface area contributed by atoms with E-state index in [9.17, 15) is 4.79 Å². The molecule has 0 N–H and O–H groups in total. The first-order valence-electron chi connectivity index (χ1n) is 6.57. The SMILES string of the molecule is COc1cc2nc(C)c(C(=O)OC(C)C)nc2cc1OC. The highest BCUT2D eigenvalue weighted by atomic mass is 16.5. The van der Waals surface area contributed by atoms with Gasteiger partial charge in [0, 0.05) is 12.1 Å². The van der Waals surface area contributed by atoms with Crippen molar-refractivity contribution in [3.05, 3.63) is 23.5 Å². The molecular weight excluding hydrogens is 272 g/mol. The molecule has 0 radical (unpaired) electrons. The Bertz CT molecular complexity index is 683. The van der Waals surface area contributed by atoms with Crippen molar-refractivity contribution in [2.75, 3.05) is 14.2 Å². The summed E-state index contributed by atoms with van der Waals surface area (Å²) in [6, 6.07) is 3.42. The molecule has 2 aromatic rings. The van der Waals surface area contributed by atoms with Gasteiger partial charge in [-0.3, -0.25) is 0 Å². The quantitative estimate of drug-likeness (QED) is 0.806. The first-order chi connectivity index (χ1) is 9.96. The molecular formula is C15H18N2O4. The summed E-state index contributed by atoms with van der Waals surface area (Å²) in [6.45, 7) is 5.30. The van der Waals surface area contributed by atoms with E-state index in [1.54, 1.807) is 47.1 Å². The Hall–Kier alpha value is -2.37. The zero-order chi connectivity index (χ0) is 15.6. The summed E-state index contributed by atoms with van der Waals surface area (Å²) in [5, 5.41) is 0. The van der Waals surface area contributed by atoms with Crippen molar-refractivity contribution >= 4 is 17.0 Å². The molecule has 0 bridgehead atoms. The summed E-state index contributed by atoms with van der Waals surface area (Å²) >= 11 is 0. The Labute approximate surface area is 123 Å². The van der Waals surface area contributed by atoms with Crippen LogP contribution in [0.5, 0.6) is 11.5 Å². The van der Waals surface area contributed by atoms with Crippen molar-refractivity contribution in [3.8, 4) is 11.5 Å². The minimum Gasteiger partial charge on any atom is -0.493 e. The van der Waals surface area contributed by atoms with E-state index >= 15 is 0 Å². The summed E-state index contributed by atoms with van der Waals surface area (Å²) in [5.74, 6) is 0.620. The van der Waals surface area contributed by atoms with Crippen molar-refractivity contribution in [1.82, 2.24) is 9.97 Å². The number of hydrogen-bond donors (Lipinski definition) is 0. The molecule has 0 amide bonds. The van der Waals surface area contributed by atoms with E-state index in [0.29, 0.717) is 28.2 Å². The number of methoxy groups -OCH3 is 2. The molecule has 21 heavy (non-hydrogen) atoms. The predicted octanol–water partition coefficient (Wildman–Crippen LogP) is 2.52. The summed E-state index contributed by atoms with van der Waals surface area (Å²) in [6.07, 6.45) is -0.209. The lowest BCUT2D eigenvalue weighted by atomic mass is 10.2. The van der Waals surface area contributed by atoms with Crippen LogP contribution >= 0.6 is 0 Å². The van der Waals surface area contributed by atoms with Crippen LogP contribution in [-0.2, 0) is 4.74 Å². The smallest absolute Gasteiger partial charge is 0.359 e. The average molecular weight is 290 g/mol. The topological polar surface area (TPSA) is 70.5 Å². The lowest BCUT2D eigenvalue weighted by Gasteiger charge is -2.11. The highest BCUT2D eigenvalue weighted by molar-refractivity contribution is 5.91. The van der Waals surface area contributed by atoms with Gasteiger partial charge in [0.15, 0.2) is 17.2 Å². The Morgan fingerprint density at radius 1 is 1.05 bits per heavy atom. The van der Waals surface area contributed by atoms with Gasteiger partial charge in [-0.2, -0.15) is 0 Å². The number of ether oxygens (including phenoxy) is 3. The van der Waals surface area contributed by atoms with Crippen LogP contribution in [0.1, 0.15) is 30.0 Å². The molecule has 0 atom stereocenters. The van der Waals surface area contributed by atoms with Crippen LogP contribution < -0.4 is 9.47 Å². The van der Waals surface area contributed by atoms with E-state index < -0.39 is 5.97 Å². The van der Waals surface area contributed by atoms with E-state index in [0.717, 1.165) is 0 Å². The normalized spacial score (nSPS) is 10.8. The highest BCUT2D eigenvalue weighted by Gasteiger charge is 2.17. The fraction of sp³-hybridized carbons (Fsp3) is 0.400. The Morgan fingerprint density at radius 2 is 1.57 bits per heavy atom. The van der Waals surface area contributed by atoms with E-state index in [2.05, 4.69) is 9.97 Å². The minimum atomic E-state index is -0.480. The molecule has 1 heterocycles. The highest BCUT2D eigenvalue weighted by Crippen LogP contribution is 2.31. The fourth-order valence-electron chi connectivity index (χ4n) is 1.93. The van der Waals surface area contributed by atoms with Gasteiger partial charge < -0.3 is 14.2 Å².